The van der Waals surface area contributed by atoms with Crippen molar-refractivity contribution in [3.05, 3.63) is 17.0 Å². The first-order valence-corrected chi connectivity index (χ1v) is 7.93. The predicted molar refractivity (Wildman–Crippen MR) is 82.4 cm³/mol. The van der Waals surface area contributed by atoms with Crippen molar-refractivity contribution in [1.82, 2.24) is 9.80 Å². The van der Waals surface area contributed by atoms with Crippen molar-refractivity contribution >= 4 is 22.4 Å². The van der Waals surface area contributed by atoms with Crippen molar-refractivity contribution in [2.75, 3.05) is 38.1 Å². The molecule has 0 saturated carbocycles. The normalized spacial score (nSPS) is 18.1. The van der Waals surface area contributed by atoms with E-state index in [1.807, 2.05) is 24.0 Å². The van der Waals surface area contributed by atoms with E-state index in [0.717, 1.165) is 24.5 Å². The number of urea groups is 1. The second kappa shape index (κ2) is 7.06. The van der Waals surface area contributed by atoms with Crippen LogP contribution in [0.15, 0.2) is 12.1 Å². The average Bonchev–Trinajstić information content (AvgIpc) is 2.86. The van der Waals surface area contributed by atoms with E-state index in [0.29, 0.717) is 13.1 Å². The van der Waals surface area contributed by atoms with Gasteiger partial charge in [-0.3, -0.25) is 10.2 Å². The number of carbonyl (C=O) groups is 1. The van der Waals surface area contributed by atoms with E-state index in [1.165, 1.54) is 4.88 Å². The highest BCUT2D eigenvalue weighted by molar-refractivity contribution is 7.16. The minimum atomic E-state index is -0.0245. The number of thiophene rings is 1. The van der Waals surface area contributed by atoms with Crippen LogP contribution in [-0.2, 0) is 0 Å². The molecule has 1 fully saturated rings. The van der Waals surface area contributed by atoms with Gasteiger partial charge in [0.15, 0.2) is 0 Å². The Morgan fingerprint density at radius 3 is 2.60 bits per heavy atom. The highest BCUT2D eigenvalue weighted by Crippen LogP contribution is 2.21. The van der Waals surface area contributed by atoms with E-state index >= 15 is 0 Å². The predicted octanol–water partition coefficient (Wildman–Crippen LogP) is 1.98. The summed E-state index contributed by atoms with van der Waals surface area (Å²) in [7, 11) is 0. The van der Waals surface area contributed by atoms with Gasteiger partial charge in [-0.25, -0.2) is 4.79 Å². The molecule has 2 amide bonds. The smallest absolute Gasteiger partial charge is 0.322 e. The number of aliphatic hydroxyl groups is 1. The van der Waals surface area contributed by atoms with Crippen molar-refractivity contribution in [2.45, 2.75) is 26.3 Å². The summed E-state index contributed by atoms with van der Waals surface area (Å²) < 4.78 is 0. The van der Waals surface area contributed by atoms with Crippen LogP contribution in [0, 0.1) is 6.92 Å². The molecule has 0 spiro atoms. The summed E-state index contributed by atoms with van der Waals surface area (Å²) in [5, 5.41) is 13.2. The molecular formula is C14H23N3O2S. The standard InChI is InChI=1S/C14H23N3O2S/c1-3-12(10-18)16-6-8-17(9-7-16)14(19)15-13-5-4-11(2)20-13/h4-5,12,18H,3,6-10H2,1-2H3,(H,15,19)/t12-/m1/s1. The number of piperazine rings is 1. The van der Waals surface area contributed by atoms with E-state index in [2.05, 4.69) is 17.1 Å². The number of hydrogen-bond donors (Lipinski definition) is 2. The van der Waals surface area contributed by atoms with Gasteiger partial charge in [0.05, 0.1) is 11.6 Å². The van der Waals surface area contributed by atoms with Gasteiger partial charge in [0.25, 0.3) is 0 Å². The van der Waals surface area contributed by atoms with E-state index in [9.17, 15) is 9.90 Å². The number of nitrogens with zero attached hydrogens (tertiary/aromatic N) is 2. The second-order valence-electron chi connectivity index (χ2n) is 5.11. The van der Waals surface area contributed by atoms with Gasteiger partial charge >= 0.3 is 6.03 Å². The van der Waals surface area contributed by atoms with Gasteiger partial charge in [-0.15, -0.1) is 11.3 Å². The zero-order chi connectivity index (χ0) is 14.5. The summed E-state index contributed by atoms with van der Waals surface area (Å²) in [6, 6.07) is 4.14. The Balaban J connectivity index is 1.82. The number of anilines is 1. The molecule has 6 heteroatoms. The fraction of sp³-hybridized carbons (Fsp3) is 0.643. The molecule has 1 saturated heterocycles. The summed E-state index contributed by atoms with van der Waals surface area (Å²) in [6.45, 7) is 7.39. The molecule has 112 valence electrons. The van der Waals surface area contributed by atoms with Gasteiger partial charge in [0.1, 0.15) is 0 Å². The first-order chi connectivity index (χ1) is 9.63. The molecule has 0 bridgehead atoms. The zero-order valence-corrected chi connectivity index (χ0v) is 12.9. The van der Waals surface area contributed by atoms with Crippen molar-refractivity contribution in [3.8, 4) is 0 Å². The van der Waals surface area contributed by atoms with Crippen LogP contribution in [0.3, 0.4) is 0 Å². The first-order valence-electron chi connectivity index (χ1n) is 7.11. The number of hydrogen-bond acceptors (Lipinski definition) is 4. The number of amides is 2. The molecule has 0 aromatic carbocycles. The maximum absolute atomic E-state index is 12.1. The lowest BCUT2D eigenvalue weighted by Crippen LogP contribution is -2.53. The Kier molecular flexibility index (Phi) is 5.39. The minimum Gasteiger partial charge on any atom is -0.395 e. The Hall–Kier alpha value is -1.11. The summed E-state index contributed by atoms with van der Waals surface area (Å²) in [5.74, 6) is 0. The average molecular weight is 297 g/mol. The Labute approximate surface area is 124 Å². The molecule has 0 radical (unpaired) electrons. The molecule has 0 aliphatic carbocycles. The lowest BCUT2D eigenvalue weighted by Gasteiger charge is -2.38. The largest absolute Gasteiger partial charge is 0.395 e. The molecule has 1 aliphatic heterocycles. The van der Waals surface area contributed by atoms with Crippen molar-refractivity contribution < 1.29 is 9.90 Å². The van der Waals surface area contributed by atoms with Gasteiger partial charge in [0, 0.05) is 37.1 Å². The monoisotopic (exact) mass is 297 g/mol. The van der Waals surface area contributed by atoms with Gasteiger partial charge in [0.2, 0.25) is 0 Å². The highest BCUT2D eigenvalue weighted by Gasteiger charge is 2.24. The van der Waals surface area contributed by atoms with Crippen LogP contribution in [0.1, 0.15) is 18.2 Å². The third-order valence-corrected chi connectivity index (χ3v) is 4.69. The third-order valence-electron chi connectivity index (χ3n) is 3.77. The number of rotatable bonds is 4. The molecular weight excluding hydrogens is 274 g/mol. The first kappa shape index (κ1) is 15.3. The van der Waals surface area contributed by atoms with E-state index < -0.39 is 0 Å². The fourth-order valence-electron chi connectivity index (χ4n) is 2.48. The van der Waals surface area contributed by atoms with Gasteiger partial charge in [-0.1, -0.05) is 6.92 Å². The summed E-state index contributed by atoms with van der Waals surface area (Å²) in [5.41, 5.74) is 0. The number of carbonyl (C=O) groups excluding carboxylic acids is 1. The molecule has 2 N–H and O–H groups in total. The lowest BCUT2D eigenvalue weighted by atomic mass is 10.2. The molecule has 1 atom stereocenters. The molecule has 20 heavy (non-hydrogen) atoms. The summed E-state index contributed by atoms with van der Waals surface area (Å²) in [4.78, 5) is 17.4. The van der Waals surface area contributed by atoms with Crippen LogP contribution in [-0.4, -0.2) is 59.8 Å². The van der Waals surface area contributed by atoms with E-state index in [-0.39, 0.29) is 18.7 Å². The summed E-state index contributed by atoms with van der Waals surface area (Å²) >= 11 is 1.59. The molecule has 1 aromatic heterocycles. The Morgan fingerprint density at radius 1 is 1.40 bits per heavy atom. The Bertz CT molecular complexity index is 437. The molecule has 1 aliphatic rings. The SMILES string of the molecule is CC[C@H](CO)N1CCN(C(=O)Nc2ccc(C)s2)CC1. The minimum absolute atomic E-state index is 0.0245. The van der Waals surface area contributed by atoms with E-state index in [1.54, 1.807) is 11.3 Å². The Morgan fingerprint density at radius 2 is 2.10 bits per heavy atom. The molecule has 2 heterocycles. The van der Waals surface area contributed by atoms with Crippen LogP contribution < -0.4 is 5.32 Å². The van der Waals surface area contributed by atoms with Crippen LogP contribution >= 0.6 is 11.3 Å². The maximum Gasteiger partial charge on any atom is 0.322 e. The topological polar surface area (TPSA) is 55.8 Å². The molecule has 2 rings (SSSR count). The zero-order valence-electron chi connectivity index (χ0n) is 12.1. The highest BCUT2D eigenvalue weighted by atomic mass is 32.1. The second-order valence-corrected chi connectivity index (χ2v) is 6.40. The van der Waals surface area contributed by atoms with Crippen LogP contribution in [0.5, 0.6) is 0 Å². The van der Waals surface area contributed by atoms with Crippen LogP contribution in [0.25, 0.3) is 0 Å². The van der Waals surface area contributed by atoms with Crippen LogP contribution in [0.4, 0.5) is 9.80 Å². The van der Waals surface area contributed by atoms with Crippen molar-refractivity contribution in [2.24, 2.45) is 0 Å². The maximum atomic E-state index is 12.1. The van der Waals surface area contributed by atoms with Gasteiger partial charge < -0.3 is 10.0 Å². The molecule has 1 aromatic rings. The number of aliphatic hydroxyl groups excluding tert-OH is 1. The van der Waals surface area contributed by atoms with Crippen molar-refractivity contribution in [1.29, 1.82) is 0 Å². The number of nitrogens with one attached hydrogen (secondary N) is 1. The van der Waals surface area contributed by atoms with Crippen LogP contribution in [0.2, 0.25) is 0 Å². The van der Waals surface area contributed by atoms with E-state index in [4.69, 9.17) is 0 Å². The number of aryl methyl sites for hydroxylation is 1. The quantitative estimate of drug-likeness (QED) is 0.893. The van der Waals surface area contributed by atoms with Gasteiger partial charge in [-0.2, -0.15) is 0 Å². The van der Waals surface area contributed by atoms with Gasteiger partial charge in [-0.05, 0) is 25.5 Å². The summed E-state index contributed by atoms with van der Waals surface area (Å²) in [6.07, 6.45) is 0.942. The van der Waals surface area contributed by atoms with Crippen molar-refractivity contribution in [3.63, 3.8) is 0 Å². The molecule has 5 nitrogen and oxygen atoms in total. The third kappa shape index (κ3) is 3.71. The molecule has 0 unspecified atom stereocenters. The fourth-order valence-corrected chi connectivity index (χ4v) is 3.24. The lowest BCUT2D eigenvalue weighted by molar-refractivity contribution is 0.0766.